The van der Waals surface area contributed by atoms with E-state index in [2.05, 4.69) is 38.4 Å². The number of esters is 1. The molecule has 0 aliphatic rings. The first-order valence-electron chi connectivity index (χ1n) is 11.8. The normalized spacial score (nSPS) is 12.3. The third-order valence-corrected chi connectivity index (χ3v) is 6.78. The van der Waals surface area contributed by atoms with Crippen LogP contribution in [0, 0.1) is 6.92 Å². The zero-order chi connectivity index (χ0) is 24.8. The summed E-state index contributed by atoms with van der Waals surface area (Å²) >= 11 is 1.66. The van der Waals surface area contributed by atoms with Crippen molar-refractivity contribution in [1.82, 2.24) is 30.1 Å². The lowest BCUT2D eigenvalue weighted by Crippen LogP contribution is -2.33. The number of carbonyl (C=O) groups is 1. The Labute approximate surface area is 207 Å². The Morgan fingerprint density at radius 3 is 2.83 bits per heavy atom. The van der Waals surface area contributed by atoms with E-state index in [1.807, 2.05) is 42.6 Å². The summed E-state index contributed by atoms with van der Waals surface area (Å²) in [6, 6.07) is 11.9. The van der Waals surface area contributed by atoms with E-state index in [0.29, 0.717) is 31.1 Å². The molecule has 0 aliphatic heterocycles. The van der Waals surface area contributed by atoms with Gasteiger partial charge in [-0.05, 0) is 59.2 Å². The molecule has 0 fully saturated rings. The third kappa shape index (κ3) is 5.83. The maximum atomic E-state index is 13.1. The number of thiophene rings is 1. The lowest BCUT2D eigenvalue weighted by atomic mass is 10.1. The summed E-state index contributed by atoms with van der Waals surface area (Å²) in [5, 5.41) is 15.2. The van der Waals surface area contributed by atoms with Crippen LogP contribution < -0.4 is 5.56 Å². The molecule has 35 heavy (non-hydrogen) atoms. The van der Waals surface area contributed by atoms with E-state index in [9.17, 15) is 9.59 Å². The van der Waals surface area contributed by atoms with Crippen molar-refractivity contribution in [2.45, 2.75) is 59.3 Å². The van der Waals surface area contributed by atoms with Crippen LogP contribution in [0.3, 0.4) is 0 Å². The van der Waals surface area contributed by atoms with Gasteiger partial charge in [-0.25, -0.2) is 4.68 Å². The Morgan fingerprint density at radius 1 is 1.23 bits per heavy atom. The van der Waals surface area contributed by atoms with Crippen LogP contribution >= 0.6 is 11.3 Å². The summed E-state index contributed by atoms with van der Waals surface area (Å²) in [6.07, 6.45) is 1.64. The highest BCUT2D eigenvalue weighted by molar-refractivity contribution is 7.09. The lowest BCUT2D eigenvalue weighted by molar-refractivity contribution is -0.144. The van der Waals surface area contributed by atoms with E-state index in [1.165, 1.54) is 9.56 Å². The highest BCUT2D eigenvalue weighted by atomic mass is 32.1. The second-order valence-electron chi connectivity index (χ2n) is 8.45. The van der Waals surface area contributed by atoms with E-state index < -0.39 is 0 Å². The fourth-order valence-corrected chi connectivity index (χ4v) is 5.01. The van der Waals surface area contributed by atoms with Crippen LogP contribution in [0.4, 0.5) is 0 Å². The molecule has 184 valence electrons. The number of nitrogens with zero attached hydrogens (tertiary/aromatic N) is 5. The maximum absolute atomic E-state index is 13.1. The van der Waals surface area contributed by atoms with Gasteiger partial charge in [0.15, 0.2) is 5.82 Å². The third-order valence-electron chi connectivity index (χ3n) is 5.92. The second-order valence-corrected chi connectivity index (χ2v) is 9.48. The molecule has 3 heterocycles. The van der Waals surface area contributed by atoms with Crippen molar-refractivity contribution in [2.75, 3.05) is 6.61 Å². The SMILES string of the molecule is CCC[C@@H](c1nnnn1CC(=O)OCC)N(Cc1cccs1)Cc1cc2cccc(C)c2[nH]c1=O. The number of para-hydroxylation sites is 1. The van der Waals surface area contributed by atoms with Gasteiger partial charge in [0.1, 0.15) is 6.54 Å². The van der Waals surface area contributed by atoms with E-state index >= 15 is 0 Å². The largest absolute Gasteiger partial charge is 0.465 e. The Bertz CT molecular complexity index is 1330. The molecule has 1 atom stereocenters. The van der Waals surface area contributed by atoms with Crippen molar-refractivity contribution in [2.24, 2.45) is 0 Å². The number of benzene rings is 1. The van der Waals surface area contributed by atoms with E-state index in [0.717, 1.165) is 29.3 Å². The smallest absolute Gasteiger partial charge is 0.327 e. The fraction of sp³-hybridized carbons (Fsp3) is 0.400. The number of H-pyrrole nitrogens is 1. The second kappa shape index (κ2) is 11.4. The van der Waals surface area contributed by atoms with Crippen molar-refractivity contribution in [3.63, 3.8) is 0 Å². The van der Waals surface area contributed by atoms with Gasteiger partial charge in [-0.3, -0.25) is 14.5 Å². The van der Waals surface area contributed by atoms with Crippen LogP contribution in [0.25, 0.3) is 10.9 Å². The number of fused-ring (bicyclic) bond motifs is 1. The number of aryl methyl sites for hydroxylation is 1. The topological polar surface area (TPSA) is 106 Å². The molecular formula is C25H30N6O3S. The quantitative estimate of drug-likeness (QED) is 0.314. The average Bonchev–Trinajstić information content (AvgIpc) is 3.51. The first-order chi connectivity index (χ1) is 17.0. The number of tetrazole rings is 1. The zero-order valence-electron chi connectivity index (χ0n) is 20.2. The first-order valence-corrected chi connectivity index (χ1v) is 12.7. The van der Waals surface area contributed by atoms with Crippen LogP contribution in [0.1, 0.15) is 54.6 Å². The maximum Gasteiger partial charge on any atom is 0.327 e. The number of hydrogen-bond acceptors (Lipinski definition) is 8. The molecule has 0 saturated carbocycles. The van der Waals surface area contributed by atoms with Gasteiger partial charge in [0.2, 0.25) is 0 Å². The van der Waals surface area contributed by atoms with Gasteiger partial charge < -0.3 is 9.72 Å². The molecule has 1 N–H and O–H groups in total. The summed E-state index contributed by atoms with van der Waals surface area (Å²) in [7, 11) is 0. The summed E-state index contributed by atoms with van der Waals surface area (Å²) in [5.41, 5.74) is 2.45. The molecule has 0 unspecified atom stereocenters. The lowest BCUT2D eigenvalue weighted by Gasteiger charge is -2.30. The van der Waals surface area contributed by atoms with Gasteiger partial charge in [0.05, 0.1) is 18.2 Å². The van der Waals surface area contributed by atoms with Gasteiger partial charge in [0.25, 0.3) is 5.56 Å². The molecule has 0 saturated heterocycles. The van der Waals surface area contributed by atoms with E-state index in [1.54, 1.807) is 18.3 Å². The minimum atomic E-state index is -0.387. The van der Waals surface area contributed by atoms with Crippen molar-refractivity contribution >= 4 is 28.2 Å². The molecule has 10 heteroatoms. The Balaban J connectivity index is 1.72. The summed E-state index contributed by atoms with van der Waals surface area (Å²) in [6.45, 7) is 7.13. The molecule has 0 radical (unpaired) electrons. The molecule has 4 aromatic rings. The minimum absolute atomic E-state index is 0.0565. The van der Waals surface area contributed by atoms with Gasteiger partial charge in [-0.15, -0.1) is 16.4 Å². The van der Waals surface area contributed by atoms with Crippen LogP contribution in [-0.2, 0) is 29.2 Å². The highest BCUT2D eigenvalue weighted by Gasteiger charge is 2.28. The molecular weight excluding hydrogens is 464 g/mol. The number of ether oxygens (including phenoxy) is 1. The van der Waals surface area contributed by atoms with Crippen molar-refractivity contribution < 1.29 is 9.53 Å². The van der Waals surface area contributed by atoms with Gasteiger partial charge in [-0.1, -0.05) is 37.6 Å². The molecule has 0 spiro atoms. The number of pyridine rings is 1. The standard InChI is InChI=1S/C25H30N6O3S/c1-4-8-21(24-27-28-29-31(24)16-22(32)34-5-2)30(15-20-11-7-12-35-20)14-19-13-18-10-6-9-17(3)23(18)26-25(19)33/h6-7,9-13,21H,4-5,8,14-16H2,1-3H3,(H,26,33)/t21-/m0/s1. The van der Waals surface area contributed by atoms with E-state index in [-0.39, 0.29) is 24.1 Å². The van der Waals surface area contributed by atoms with Gasteiger partial charge >= 0.3 is 5.97 Å². The Morgan fingerprint density at radius 2 is 2.09 bits per heavy atom. The minimum Gasteiger partial charge on any atom is -0.465 e. The first kappa shape index (κ1) is 24.7. The molecule has 0 amide bonds. The fourth-order valence-electron chi connectivity index (χ4n) is 4.28. The van der Waals surface area contributed by atoms with Crippen molar-refractivity contribution in [3.8, 4) is 0 Å². The van der Waals surface area contributed by atoms with Crippen LogP contribution in [0.15, 0.2) is 46.6 Å². The summed E-state index contributed by atoms with van der Waals surface area (Å²) in [5.74, 6) is 0.201. The number of aromatic amines is 1. The summed E-state index contributed by atoms with van der Waals surface area (Å²) in [4.78, 5) is 31.7. The predicted octanol–water partition coefficient (Wildman–Crippen LogP) is 3.99. The molecule has 3 aromatic heterocycles. The molecule has 9 nitrogen and oxygen atoms in total. The Kier molecular flexibility index (Phi) is 8.04. The average molecular weight is 495 g/mol. The van der Waals surface area contributed by atoms with Gasteiger partial charge in [0, 0.05) is 23.5 Å². The monoisotopic (exact) mass is 494 g/mol. The number of nitrogens with one attached hydrogen (secondary N) is 1. The van der Waals surface area contributed by atoms with Crippen LogP contribution in [0.2, 0.25) is 0 Å². The van der Waals surface area contributed by atoms with Gasteiger partial charge in [-0.2, -0.15) is 0 Å². The molecule has 0 aliphatic carbocycles. The number of hydrogen-bond donors (Lipinski definition) is 1. The van der Waals surface area contributed by atoms with Crippen molar-refractivity contribution in [1.29, 1.82) is 0 Å². The number of carbonyl (C=O) groups excluding carboxylic acids is 1. The molecule has 1 aromatic carbocycles. The zero-order valence-corrected chi connectivity index (χ0v) is 21.0. The van der Waals surface area contributed by atoms with E-state index in [4.69, 9.17) is 4.74 Å². The summed E-state index contributed by atoms with van der Waals surface area (Å²) < 4.78 is 6.61. The number of aromatic nitrogens is 5. The molecule has 0 bridgehead atoms. The molecule has 4 rings (SSSR count). The van der Waals surface area contributed by atoms with Crippen LogP contribution in [0.5, 0.6) is 0 Å². The van der Waals surface area contributed by atoms with Crippen LogP contribution in [-0.4, -0.2) is 42.7 Å². The highest BCUT2D eigenvalue weighted by Crippen LogP contribution is 2.29. The Hall–Kier alpha value is -3.37. The van der Waals surface area contributed by atoms with Crippen molar-refractivity contribution in [3.05, 3.63) is 74.0 Å². The number of rotatable bonds is 11. The predicted molar refractivity (Wildman–Crippen MR) is 135 cm³/mol.